The number of ether oxygens (including phenoxy) is 1. The van der Waals surface area contributed by atoms with Crippen molar-refractivity contribution in [3.05, 3.63) is 64.1 Å². The van der Waals surface area contributed by atoms with Gasteiger partial charge in [0, 0.05) is 10.0 Å². The zero-order chi connectivity index (χ0) is 18.7. The second-order valence-corrected chi connectivity index (χ2v) is 6.33. The van der Waals surface area contributed by atoms with E-state index < -0.39 is 17.7 Å². The molecule has 0 atom stereocenters. The van der Waals surface area contributed by atoms with E-state index in [0.29, 0.717) is 17.0 Å². The van der Waals surface area contributed by atoms with Gasteiger partial charge in [0.05, 0.1) is 5.69 Å². The summed E-state index contributed by atoms with van der Waals surface area (Å²) in [6.45, 7) is -0.311. The molecule has 3 amide bonds. The molecule has 0 spiro atoms. The molecule has 1 aliphatic heterocycles. The maximum Gasteiger partial charge on any atom is 0.282 e. The molecule has 1 saturated heterocycles. The van der Waals surface area contributed by atoms with Gasteiger partial charge < -0.3 is 10.5 Å². The molecule has 3 rings (SSSR count). The molecular weight excluding hydrogens is 402 g/mol. The summed E-state index contributed by atoms with van der Waals surface area (Å²) in [5, 5.41) is 1.18. The third-order valence-electron chi connectivity index (χ3n) is 3.55. The van der Waals surface area contributed by atoms with Crippen LogP contribution in [0.5, 0.6) is 5.75 Å². The molecule has 0 unspecified atom stereocenters. The maximum atomic E-state index is 12.6. The van der Waals surface area contributed by atoms with Gasteiger partial charge in [0.2, 0.25) is 0 Å². The van der Waals surface area contributed by atoms with Crippen molar-refractivity contribution in [1.82, 2.24) is 5.43 Å². The lowest BCUT2D eigenvalue weighted by Gasteiger charge is -2.14. The first kappa shape index (κ1) is 17.7. The first-order valence-corrected chi connectivity index (χ1v) is 8.38. The van der Waals surface area contributed by atoms with E-state index in [-0.39, 0.29) is 12.2 Å². The van der Waals surface area contributed by atoms with Crippen molar-refractivity contribution in [3.8, 4) is 5.75 Å². The van der Waals surface area contributed by atoms with Gasteiger partial charge in [-0.2, -0.15) is 0 Å². The molecule has 132 valence electrons. The molecule has 0 aromatic heterocycles. The van der Waals surface area contributed by atoms with Crippen molar-refractivity contribution in [2.75, 3.05) is 11.6 Å². The van der Waals surface area contributed by atoms with Gasteiger partial charge in [0.25, 0.3) is 17.7 Å². The van der Waals surface area contributed by atoms with E-state index in [4.69, 9.17) is 10.5 Å². The van der Waals surface area contributed by atoms with Crippen LogP contribution in [0, 0.1) is 0 Å². The second kappa shape index (κ2) is 7.40. The lowest BCUT2D eigenvalue weighted by atomic mass is 10.1. The number of anilines is 1. The highest BCUT2D eigenvalue weighted by molar-refractivity contribution is 9.10. The molecule has 2 aromatic carbocycles. The SMILES string of the molecule is NC(=O)COc1ccc(Br)cc1/C=C1/C(=O)NN(c2ccccc2)C1=O. The van der Waals surface area contributed by atoms with Crippen LogP contribution in [0.3, 0.4) is 0 Å². The topological polar surface area (TPSA) is 102 Å². The van der Waals surface area contributed by atoms with Crippen molar-refractivity contribution >= 4 is 45.4 Å². The summed E-state index contributed by atoms with van der Waals surface area (Å²) in [6.07, 6.45) is 1.42. The van der Waals surface area contributed by atoms with Crippen LogP contribution in [0.2, 0.25) is 0 Å². The van der Waals surface area contributed by atoms with Crippen LogP contribution in [0.15, 0.2) is 58.6 Å². The monoisotopic (exact) mass is 415 g/mol. The van der Waals surface area contributed by atoms with Crippen molar-refractivity contribution in [1.29, 1.82) is 0 Å². The number of hydrazine groups is 1. The minimum absolute atomic E-state index is 0.0455. The van der Waals surface area contributed by atoms with Crippen LogP contribution in [0.25, 0.3) is 6.08 Å². The van der Waals surface area contributed by atoms with E-state index in [9.17, 15) is 14.4 Å². The van der Waals surface area contributed by atoms with Crippen LogP contribution in [0.1, 0.15) is 5.56 Å². The summed E-state index contributed by atoms with van der Waals surface area (Å²) in [4.78, 5) is 35.8. The second-order valence-electron chi connectivity index (χ2n) is 5.41. The molecule has 0 aliphatic carbocycles. The summed E-state index contributed by atoms with van der Waals surface area (Å²) in [5.74, 6) is -1.31. The summed E-state index contributed by atoms with van der Waals surface area (Å²) in [5.41, 5.74) is 8.59. The Hall–Kier alpha value is -3.13. The van der Waals surface area contributed by atoms with Gasteiger partial charge in [-0.1, -0.05) is 34.1 Å². The highest BCUT2D eigenvalue weighted by Crippen LogP contribution is 2.28. The van der Waals surface area contributed by atoms with Gasteiger partial charge in [-0.15, -0.1) is 0 Å². The molecule has 0 bridgehead atoms. The highest BCUT2D eigenvalue weighted by Gasteiger charge is 2.34. The van der Waals surface area contributed by atoms with Crippen LogP contribution >= 0.6 is 15.9 Å². The molecule has 26 heavy (non-hydrogen) atoms. The van der Waals surface area contributed by atoms with Crippen molar-refractivity contribution in [2.24, 2.45) is 5.73 Å². The number of hydrogen-bond donors (Lipinski definition) is 2. The number of halogens is 1. The van der Waals surface area contributed by atoms with E-state index in [0.717, 1.165) is 4.47 Å². The summed E-state index contributed by atoms with van der Waals surface area (Å²) < 4.78 is 6.07. The minimum Gasteiger partial charge on any atom is -0.483 e. The molecule has 1 heterocycles. The van der Waals surface area contributed by atoms with Crippen molar-refractivity contribution in [2.45, 2.75) is 0 Å². The molecular formula is C18H14BrN3O4. The molecule has 3 N–H and O–H groups in total. The number of carbonyl (C=O) groups is 3. The normalized spacial score (nSPS) is 15.3. The smallest absolute Gasteiger partial charge is 0.282 e. The standard InChI is InChI=1S/C18H14BrN3O4/c19-12-6-7-15(26-10-16(20)23)11(8-12)9-14-17(24)21-22(18(14)25)13-4-2-1-3-5-13/h1-9H,10H2,(H2,20,23)(H,21,24)/b14-9-. The van der Waals surface area contributed by atoms with E-state index in [2.05, 4.69) is 21.4 Å². The Balaban J connectivity index is 1.94. The molecule has 8 heteroatoms. The average molecular weight is 416 g/mol. The number of nitrogens with two attached hydrogens (primary N) is 1. The molecule has 7 nitrogen and oxygen atoms in total. The summed E-state index contributed by atoms with van der Waals surface area (Å²) in [6, 6.07) is 13.8. The summed E-state index contributed by atoms with van der Waals surface area (Å²) in [7, 11) is 0. The lowest BCUT2D eigenvalue weighted by molar-refractivity contribution is -0.120. The van der Waals surface area contributed by atoms with Gasteiger partial charge in [-0.3, -0.25) is 19.8 Å². The van der Waals surface area contributed by atoms with Crippen molar-refractivity contribution < 1.29 is 19.1 Å². The van der Waals surface area contributed by atoms with Crippen LogP contribution in [0.4, 0.5) is 5.69 Å². The fourth-order valence-corrected chi connectivity index (χ4v) is 2.76. The highest BCUT2D eigenvalue weighted by atomic mass is 79.9. The number of primary amides is 1. The largest absolute Gasteiger partial charge is 0.483 e. The minimum atomic E-state index is -0.628. The van der Waals surface area contributed by atoms with Gasteiger partial charge in [-0.05, 0) is 36.4 Å². The fraction of sp³-hybridized carbons (Fsp3) is 0.0556. The Morgan fingerprint density at radius 3 is 2.62 bits per heavy atom. The molecule has 0 radical (unpaired) electrons. The van der Waals surface area contributed by atoms with Crippen LogP contribution < -0.4 is 20.9 Å². The Kier molecular flexibility index (Phi) is 5.04. The Morgan fingerprint density at radius 1 is 1.19 bits per heavy atom. The molecule has 1 fully saturated rings. The molecule has 0 saturated carbocycles. The number of nitrogens with one attached hydrogen (secondary N) is 1. The predicted octanol–water partition coefficient (Wildman–Crippen LogP) is 1.77. The first-order chi connectivity index (χ1) is 12.5. The van der Waals surface area contributed by atoms with Gasteiger partial charge in [0.1, 0.15) is 11.3 Å². The van der Waals surface area contributed by atoms with Crippen LogP contribution in [-0.4, -0.2) is 24.3 Å². The fourth-order valence-electron chi connectivity index (χ4n) is 2.38. The third-order valence-corrected chi connectivity index (χ3v) is 4.04. The number of benzene rings is 2. The number of carbonyl (C=O) groups excluding carboxylic acids is 3. The molecule has 1 aliphatic rings. The van der Waals surface area contributed by atoms with Crippen LogP contribution in [-0.2, 0) is 14.4 Å². The Morgan fingerprint density at radius 2 is 1.92 bits per heavy atom. The van der Waals surface area contributed by atoms with Gasteiger partial charge in [0.15, 0.2) is 6.61 Å². The predicted molar refractivity (Wildman–Crippen MR) is 98.9 cm³/mol. The zero-order valence-corrected chi connectivity index (χ0v) is 15.0. The van der Waals surface area contributed by atoms with E-state index in [1.54, 1.807) is 42.5 Å². The Labute approximate surface area is 157 Å². The molecule has 2 aromatic rings. The number of para-hydroxylation sites is 1. The van der Waals surface area contributed by atoms with E-state index >= 15 is 0 Å². The van der Waals surface area contributed by atoms with E-state index in [1.165, 1.54) is 11.1 Å². The van der Waals surface area contributed by atoms with E-state index in [1.807, 2.05) is 6.07 Å². The number of hydrogen-bond acceptors (Lipinski definition) is 4. The average Bonchev–Trinajstić information content (AvgIpc) is 2.90. The quantitative estimate of drug-likeness (QED) is 0.573. The maximum absolute atomic E-state index is 12.6. The van der Waals surface area contributed by atoms with Gasteiger partial charge in [-0.25, -0.2) is 5.01 Å². The lowest BCUT2D eigenvalue weighted by Crippen LogP contribution is -2.35. The zero-order valence-electron chi connectivity index (χ0n) is 13.4. The number of nitrogens with zero attached hydrogens (tertiary/aromatic N) is 1. The number of amides is 3. The first-order valence-electron chi connectivity index (χ1n) is 7.58. The summed E-state index contributed by atoms with van der Waals surface area (Å²) >= 11 is 3.33. The third kappa shape index (κ3) is 3.75. The van der Waals surface area contributed by atoms with Crippen molar-refractivity contribution in [3.63, 3.8) is 0 Å². The van der Waals surface area contributed by atoms with Gasteiger partial charge >= 0.3 is 0 Å². The number of rotatable bonds is 5. The Bertz CT molecular complexity index is 912.